The number of nitrogens with one attached hydrogen (secondary N) is 1. The summed E-state index contributed by atoms with van der Waals surface area (Å²) in [7, 11) is -3.73. The van der Waals surface area contributed by atoms with Crippen molar-refractivity contribution in [1.29, 1.82) is 5.26 Å². The van der Waals surface area contributed by atoms with Crippen LogP contribution in [0.25, 0.3) is 0 Å². The summed E-state index contributed by atoms with van der Waals surface area (Å²) in [4.78, 5) is 0.206. The molecule has 0 fully saturated rings. The molecular weight excluding hydrogens is 352 g/mol. The number of anilines is 1. The fourth-order valence-corrected chi connectivity index (χ4v) is 3.66. The standard InChI is InChI=1S/C15H13BrN2O2S/c1-10-3-6-15(11(2)7-10)21(19,20)18-14-8-13(16)5-4-12(14)9-17/h3-8,18H,1-2H3. The summed E-state index contributed by atoms with van der Waals surface area (Å²) in [5.41, 5.74) is 2.18. The zero-order valence-electron chi connectivity index (χ0n) is 11.5. The molecule has 0 saturated carbocycles. The van der Waals surface area contributed by atoms with Gasteiger partial charge in [-0.25, -0.2) is 8.42 Å². The van der Waals surface area contributed by atoms with Crippen molar-refractivity contribution in [2.24, 2.45) is 0 Å². The second-order valence-electron chi connectivity index (χ2n) is 4.68. The average Bonchev–Trinajstić information content (AvgIpc) is 2.37. The summed E-state index contributed by atoms with van der Waals surface area (Å²) < 4.78 is 28.1. The highest BCUT2D eigenvalue weighted by molar-refractivity contribution is 9.10. The monoisotopic (exact) mass is 364 g/mol. The molecule has 2 aromatic rings. The summed E-state index contributed by atoms with van der Waals surface area (Å²) >= 11 is 3.27. The van der Waals surface area contributed by atoms with Gasteiger partial charge in [0.05, 0.1) is 16.1 Å². The van der Waals surface area contributed by atoms with Crippen LogP contribution in [0.3, 0.4) is 0 Å². The lowest BCUT2D eigenvalue weighted by atomic mass is 10.2. The Kier molecular flexibility index (Phi) is 4.35. The Morgan fingerprint density at radius 2 is 1.86 bits per heavy atom. The van der Waals surface area contributed by atoms with E-state index < -0.39 is 10.0 Å². The molecule has 0 unspecified atom stereocenters. The first-order valence-corrected chi connectivity index (χ1v) is 8.41. The van der Waals surface area contributed by atoms with Gasteiger partial charge in [0.15, 0.2) is 0 Å². The van der Waals surface area contributed by atoms with Crippen molar-refractivity contribution in [2.45, 2.75) is 18.7 Å². The van der Waals surface area contributed by atoms with E-state index >= 15 is 0 Å². The maximum Gasteiger partial charge on any atom is 0.262 e. The van der Waals surface area contributed by atoms with Crippen LogP contribution >= 0.6 is 15.9 Å². The summed E-state index contributed by atoms with van der Waals surface area (Å²) in [6.45, 7) is 3.65. The van der Waals surface area contributed by atoms with Crippen molar-refractivity contribution < 1.29 is 8.42 Å². The van der Waals surface area contributed by atoms with Crippen LogP contribution in [0.2, 0.25) is 0 Å². The minimum absolute atomic E-state index is 0.206. The van der Waals surface area contributed by atoms with Crippen LogP contribution in [0, 0.1) is 25.2 Å². The van der Waals surface area contributed by atoms with E-state index in [9.17, 15) is 8.42 Å². The average molecular weight is 365 g/mol. The molecule has 0 heterocycles. The minimum Gasteiger partial charge on any atom is -0.278 e. The molecule has 4 nitrogen and oxygen atoms in total. The lowest BCUT2D eigenvalue weighted by Gasteiger charge is -2.12. The molecular formula is C15H13BrN2O2S. The van der Waals surface area contributed by atoms with Crippen LogP contribution in [-0.2, 0) is 10.0 Å². The van der Waals surface area contributed by atoms with Gasteiger partial charge in [0.25, 0.3) is 10.0 Å². The number of rotatable bonds is 3. The molecule has 0 amide bonds. The van der Waals surface area contributed by atoms with Gasteiger partial charge in [0, 0.05) is 4.47 Å². The molecule has 6 heteroatoms. The molecule has 0 spiro atoms. The van der Waals surface area contributed by atoms with Crippen molar-refractivity contribution in [3.63, 3.8) is 0 Å². The van der Waals surface area contributed by atoms with Crippen LogP contribution < -0.4 is 4.72 Å². The van der Waals surface area contributed by atoms with E-state index in [0.717, 1.165) is 5.56 Å². The molecule has 0 aliphatic carbocycles. The van der Waals surface area contributed by atoms with Gasteiger partial charge in [-0.05, 0) is 43.7 Å². The van der Waals surface area contributed by atoms with Crippen molar-refractivity contribution in [2.75, 3.05) is 4.72 Å². The van der Waals surface area contributed by atoms with Gasteiger partial charge < -0.3 is 0 Å². The zero-order valence-corrected chi connectivity index (χ0v) is 13.9. The topological polar surface area (TPSA) is 70.0 Å². The van der Waals surface area contributed by atoms with E-state index in [2.05, 4.69) is 20.7 Å². The van der Waals surface area contributed by atoms with E-state index in [-0.39, 0.29) is 16.1 Å². The third kappa shape index (κ3) is 3.43. The van der Waals surface area contributed by atoms with E-state index in [1.165, 1.54) is 0 Å². The van der Waals surface area contributed by atoms with Gasteiger partial charge in [0.2, 0.25) is 0 Å². The Morgan fingerprint density at radius 1 is 1.14 bits per heavy atom. The Hall–Kier alpha value is -1.84. The van der Waals surface area contributed by atoms with Crippen LogP contribution in [0.4, 0.5) is 5.69 Å². The first kappa shape index (κ1) is 15.5. The quantitative estimate of drug-likeness (QED) is 0.901. The number of hydrogen-bond donors (Lipinski definition) is 1. The van der Waals surface area contributed by atoms with E-state index in [1.807, 2.05) is 13.0 Å². The molecule has 1 N–H and O–H groups in total. The Bertz CT molecular complexity index is 839. The van der Waals surface area contributed by atoms with Crippen molar-refractivity contribution in [1.82, 2.24) is 0 Å². The third-order valence-corrected chi connectivity index (χ3v) is 4.99. The second kappa shape index (κ2) is 5.88. The molecule has 0 aromatic heterocycles. The Balaban J connectivity index is 2.47. The van der Waals surface area contributed by atoms with Gasteiger partial charge in [0.1, 0.15) is 6.07 Å². The molecule has 0 aliphatic heterocycles. The largest absolute Gasteiger partial charge is 0.278 e. The molecule has 0 bridgehead atoms. The van der Waals surface area contributed by atoms with Gasteiger partial charge in [-0.1, -0.05) is 33.6 Å². The number of halogens is 1. The normalized spacial score (nSPS) is 11.0. The van der Waals surface area contributed by atoms with E-state index in [0.29, 0.717) is 10.0 Å². The first-order chi connectivity index (χ1) is 9.83. The molecule has 0 radical (unpaired) electrons. The van der Waals surface area contributed by atoms with Crippen molar-refractivity contribution in [3.8, 4) is 6.07 Å². The molecule has 2 aromatic carbocycles. The maximum atomic E-state index is 12.5. The number of benzene rings is 2. The van der Waals surface area contributed by atoms with Crippen molar-refractivity contribution in [3.05, 3.63) is 57.6 Å². The van der Waals surface area contributed by atoms with E-state index in [4.69, 9.17) is 5.26 Å². The molecule has 21 heavy (non-hydrogen) atoms. The van der Waals surface area contributed by atoms with Crippen LogP contribution in [0.15, 0.2) is 45.8 Å². The highest BCUT2D eigenvalue weighted by Gasteiger charge is 2.18. The SMILES string of the molecule is Cc1ccc(S(=O)(=O)Nc2cc(Br)ccc2C#N)c(C)c1. The fraction of sp³-hybridized carbons (Fsp3) is 0.133. The van der Waals surface area contributed by atoms with Crippen molar-refractivity contribution >= 4 is 31.6 Å². The Labute approximate surface area is 132 Å². The third-order valence-electron chi connectivity index (χ3n) is 2.97. The predicted octanol–water partition coefficient (Wildman–Crippen LogP) is 3.74. The summed E-state index contributed by atoms with van der Waals surface area (Å²) in [5.74, 6) is 0. The number of nitrogens with zero attached hydrogens (tertiary/aromatic N) is 1. The summed E-state index contributed by atoms with van der Waals surface area (Å²) in [6, 6.07) is 11.9. The highest BCUT2D eigenvalue weighted by atomic mass is 79.9. The van der Waals surface area contributed by atoms with Crippen LogP contribution in [-0.4, -0.2) is 8.42 Å². The van der Waals surface area contributed by atoms with Crippen LogP contribution in [0.5, 0.6) is 0 Å². The van der Waals surface area contributed by atoms with Gasteiger partial charge in [-0.2, -0.15) is 5.26 Å². The first-order valence-electron chi connectivity index (χ1n) is 6.13. The van der Waals surface area contributed by atoms with Gasteiger partial charge in [-0.3, -0.25) is 4.72 Å². The lowest BCUT2D eigenvalue weighted by molar-refractivity contribution is 0.600. The minimum atomic E-state index is -3.73. The number of hydrogen-bond acceptors (Lipinski definition) is 3. The maximum absolute atomic E-state index is 12.5. The lowest BCUT2D eigenvalue weighted by Crippen LogP contribution is -2.15. The number of sulfonamides is 1. The number of nitriles is 1. The summed E-state index contributed by atoms with van der Waals surface area (Å²) in [6.07, 6.45) is 0. The van der Waals surface area contributed by atoms with Crippen LogP contribution in [0.1, 0.15) is 16.7 Å². The smallest absolute Gasteiger partial charge is 0.262 e. The molecule has 108 valence electrons. The molecule has 0 atom stereocenters. The molecule has 2 rings (SSSR count). The van der Waals surface area contributed by atoms with Gasteiger partial charge in [-0.15, -0.1) is 0 Å². The Morgan fingerprint density at radius 3 is 2.48 bits per heavy atom. The zero-order chi connectivity index (χ0) is 15.6. The summed E-state index contributed by atoms with van der Waals surface area (Å²) in [5, 5.41) is 9.07. The molecule has 0 saturated heterocycles. The van der Waals surface area contributed by atoms with Gasteiger partial charge >= 0.3 is 0 Å². The highest BCUT2D eigenvalue weighted by Crippen LogP contribution is 2.25. The number of aryl methyl sites for hydroxylation is 2. The predicted molar refractivity (Wildman–Crippen MR) is 85.6 cm³/mol. The second-order valence-corrected chi connectivity index (χ2v) is 7.24. The van der Waals surface area contributed by atoms with E-state index in [1.54, 1.807) is 43.3 Å². The molecule has 0 aliphatic rings. The fourth-order valence-electron chi connectivity index (χ4n) is 2.00.